The van der Waals surface area contributed by atoms with Crippen LogP contribution >= 0.6 is 0 Å². The smallest absolute Gasteiger partial charge is 0.166 e. The molecule has 0 aliphatic rings. The largest absolute Gasteiger partial charge is 0.386 e. The fourth-order valence-corrected chi connectivity index (χ4v) is 1.34. The monoisotopic (exact) mass is 196 g/mol. The van der Waals surface area contributed by atoms with Gasteiger partial charge in [-0.05, 0) is 26.8 Å². The predicted molar refractivity (Wildman–Crippen MR) is 53.0 cm³/mol. The van der Waals surface area contributed by atoms with Gasteiger partial charge in [-0.1, -0.05) is 0 Å². The molecule has 0 aliphatic carbocycles. The van der Waals surface area contributed by atoms with E-state index in [0.717, 1.165) is 17.9 Å². The molecule has 4 heteroatoms. The van der Waals surface area contributed by atoms with Crippen molar-refractivity contribution in [1.82, 2.24) is 9.78 Å². The number of aliphatic hydroxyl groups excluding tert-OH is 1. The van der Waals surface area contributed by atoms with E-state index in [1.807, 2.05) is 19.9 Å². The molecule has 4 nitrogen and oxygen atoms in total. The van der Waals surface area contributed by atoms with Gasteiger partial charge < -0.3 is 5.11 Å². The van der Waals surface area contributed by atoms with Crippen LogP contribution in [0.3, 0.4) is 0 Å². The summed E-state index contributed by atoms with van der Waals surface area (Å²) < 4.78 is 1.79. The second-order valence-corrected chi connectivity index (χ2v) is 3.41. The predicted octanol–water partition coefficient (Wildman–Crippen LogP) is 0.704. The van der Waals surface area contributed by atoms with Crippen molar-refractivity contribution >= 4 is 5.78 Å². The van der Waals surface area contributed by atoms with E-state index in [9.17, 15) is 4.79 Å². The maximum absolute atomic E-state index is 11.3. The Labute approximate surface area is 83.5 Å². The van der Waals surface area contributed by atoms with Gasteiger partial charge in [-0.2, -0.15) is 5.10 Å². The Bertz CT molecular complexity index is 329. The average Bonchev–Trinajstić information content (AvgIpc) is 2.45. The third-order valence-corrected chi connectivity index (χ3v) is 2.11. The summed E-state index contributed by atoms with van der Waals surface area (Å²) in [6, 6.07) is 1.88. The summed E-state index contributed by atoms with van der Waals surface area (Å²) in [5.74, 6) is -0.167. The quantitative estimate of drug-likeness (QED) is 0.771. The SMILES string of the molecule is CCn1nc(C)cc1CC(=O)C(C)O. The lowest BCUT2D eigenvalue weighted by molar-refractivity contribution is -0.125. The minimum absolute atomic E-state index is 0.167. The van der Waals surface area contributed by atoms with Crippen LogP contribution < -0.4 is 0 Å². The van der Waals surface area contributed by atoms with E-state index in [1.54, 1.807) is 4.68 Å². The summed E-state index contributed by atoms with van der Waals surface area (Å²) in [4.78, 5) is 11.3. The Morgan fingerprint density at radius 3 is 2.86 bits per heavy atom. The van der Waals surface area contributed by atoms with Gasteiger partial charge in [0, 0.05) is 12.2 Å². The minimum Gasteiger partial charge on any atom is -0.386 e. The Morgan fingerprint density at radius 1 is 1.71 bits per heavy atom. The van der Waals surface area contributed by atoms with Crippen LogP contribution in [0.2, 0.25) is 0 Å². The van der Waals surface area contributed by atoms with Gasteiger partial charge in [-0.25, -0.2) is 0 Å². The maximum Gasteiger partial charge on any atom is 0.166 e. The molecule has 0 aromatic carbocycles. The van der Waals surface area contributed by atoms with Gasteiger partial charge in [-0.3, -0.25) is 9.48 Å². The zero-order valence-electron chi connectivity index (χ0n) is 8.82. The van der Waals surface area contributed by atoms with Crippen molar-refractivity contribution in [1.29, 1.82) is 0 Å². The number of Topliss-reactive ketones (excluding diaryl/α,β-unsaturated/α-hetero) is 1. The van der Waals surface area contributed by atoms with Crippen molar-refractivity contribution in [3.05, 3.63) is 17.5 Å². The Balaban J connectivity index is 2.80. The molecule has 1 unspecified atom stereocenters. The molecule has 1 aromatic heterocycles. The summed E-state index contributed by atoms with van der Waals surface area (Å²) in [6.07, 6.45) is -0.637. The molecule has 0 fully saturated rings. The molecular weight excluding hydrogens is 180 g/mol. The highest BCUT2D eigenvalue weighted by Gasteiger charge is 2.13. The molecule has 0 saturated carbocycles. The zero-order valence-corrected chi connectivity index (χ0v) is 8.82. The molecule has 0 saturated heterocycles. The molecule has 0 aliphatic heterocycles. The lowest BCUT2D eigenvalue weighted by Crippen LogP contribution is -2.20. The summed E-state index contributed by atoms with van der Waals surface area (Å²) in [5, 5.41) is 13.3. The van der Waals surface area contributed by atoms with E-state index in [-0.39, 0.29) is 12.2 Å². The van der Waals surface area contributed by atoms with Gasteiger partial charge >= 0.3 is 0 Å². The first-order valence-corrected chi connectivity index (χ1v) is 4.78. The summed E-state index contributed by atoms with van der Waals surface area (Å²) in [7, 11) is 0. The molecular formula is C10H16N2O2. The maximum atomic E-state index is 11.3. The number of carbonyl (C=O) groups is 1. The summed E-state index contributed by atoms with van der Waals surface area (Å²) in [5.41, 5.74) is 1.77. The molecule has 14 heavy (non-hydrogen) atoms. The highest BCUT2D eigenvalue weighted by atomic mass is 16.3. The highest BCUT2D eigenvalue weighted by Crippen LogP contribution is 2.06. The molecule has 1 rings (SSSR count). The number of aromatic nitrogens is 2. The van der Waals surface area contributed by atoms with Crippen LogP contribution in [0.5, 0.6) is 0 Å². The second-order valence-electron chi connectivity index (χ2n) is 3.41. The first kappa shape index (κ1) is 10.9. The number of nitrogens with zero attached hydrogens (tertiary/aromatic N) is 2. The van der Waals surface area contributed by atoms with Crippen LogP contribution in [0.25, 0.3) is 0 Å². The van der Waals surface area contributed by atoms with E-state index in [2.05, 4.69) is 5.10 Å². The van der Waals surface area contributed by atoms with Crippen LogP contribution in [0.1, 0.15) is 25.2 Å². The van der Waals surface area contributed by atoms with E-state index >= 15 is 0 Å². The number of hydrogen-bond acceptors (Lipinski definition) is 3. The fourth-order valence-electron chi connectivity index (χ4n) is 1.34. The molecule has 1 aromatic rings. The number of aryl methyl sites for hydroxylation is 2. The molecule has 1 atom stereocenters. The van der Waals surface area contributed by atoms with Gasteiger partial charge in [0.25, 0.3) is 0 Å². The lowest BCUT2D eigenvalue weighted by atomic mass is 10.1. The molecule has 1 heterocycles. The number of ketones is 1. The van der Waals surface area contributed by atoms with Gasteiger partial charge in [-0.15, -0.1) is 0 Å². The minimum atomic E-state index is -0.893. The highest BCUT2D eigenvalue weighted by molar-refractivity contribution is 5.84. The first-order chi connectivity index (χ1) is 6.54. The summed E-state index contributed by atoms with van der Waals surface area (Å²) in [6.45, 7) is 6.10. The van der Waals surface area contributed by atoms with E-state index in [4.69, 9.17) is 5.11 Å². The third kappa shape index (κ3) is 2.42. The Kier molecular flexibility index (Phi) is 3.41. The molecule has 1 N–H and O–H groups in total. The van der Waals surface area contributed by atoms with Crippen LogP contribution in [-0.4, -0.2) is 26.8 Å². The van der Waals surface area contributed by atoms with Crippen molar-refractivity contribution in [2.45, 2.75) is 39.8 Å². The van der Waals surface area contributed by atoms with Crippen molar-refractivity contribution in [3.63, 3.8) is 0 Å². The van der Waals surface area contributed by atoms with Crippen molar-refractivity contribution in [2.24, 2.45) is 0 Å². The fraction of sp³-hybridized carbons (Fsp3) is 0.600. The van der Waals surface area contributed by atoms with E-state index in [1.165, 1.54) is 6.92 Å². The molecule has 78 valence electrons. The normalized spacial score (nSPS) is 12.9. The van der Waals surface area contributed by atoms with Gasteiger partial charge in [0.05, 0.1) is 12.1 Å². The van der Waals surface area contributed by atoms with Crippen LogP contribution in [0.15, 0.2) is 6.07 Å². The van der Waals surface area contributed by atoms with Crippen LogP contribution in [0, 0.1) is 6.92 Å². The first-order valence-electron chi connectivity index (χ1n) is 4.78. The Morgan fingerprint density at radius 2 is 2.36 bits per heavy atom. The van der Waals surface area contributed by atoms with Gasteiger partial charge in [0.15, 0.2) is 5.78 Å². The van der Waals surface area contributed by atoms with Crippen LogP contribution in [-0.2, 0) is 17.8 Å². The molecule has 0 radical (unpaired) electrons. The zero-order chi connectivity index (χ0) is 10.7. The average molecular weight is 196 g/mol. The van der Waals surface area contributed by atoms with E-state index < -0.39 is 6.10 Å². The number of aliphatic hydroxyl groups is 1. The Hall–Kier alpha value is -1.16. The standard InChI is InChI=1S/C10H16N2O2/c1-4-12-9(5-7(2)11-12)6-10(14)8(3)13/h5,8,13H,4,6H2,1-3H3. The van der Waals surface area contributed by atoms with Gasteiger partial charge in [0.1, 0.15) is 6.10 Å². The van der Waals surface area contributed by atoms with Crippen molar-refractivity contribution in [3.8, 4) is 0 Å². The van der Waals surface area contributed by atoms with E-state index in [0.29, 0.717) is 0 Å². The lowest BCUT2D eigenvalue weighted by Gasteiger charge is -2.05. The number of rotatable bonds is 4. The third-order valence-electron chi connectivity index (χ3n) is 2.11. The topological polar surface area (TPSA) is 55.1 Å². The van der Waals surface area contributed by atoms with Crippen LogP contribution in [0.4, 0.5) is 0 Å². The van der Waals surface area contributed by atoms with Crippen molar-refractivity contribution < 1.29 is 9.90 Å². The number of hydrogen-bond donors (Lipinski definition) is 1. The molecule has 0 bridgehead atoms. The molecule has 0 amide bonds. The summed E-state index contributed by atoms with van der Waals surface area (Å²) >= 11 is 0. The van der Waals surface area contributed by atoms with Crippen molar-refractivity contribution in [2.75, 3.05) is 0 Å². The second kappa shape index (κ2) is 4.37. The van der Waals surface area contributed by atoms with Gasteiger partial charge in [0.2, 0.25) is 0 Å². The molecule has 0 spiro atoms. The number of carbonyl (C=O) groups excluding carboxylic acids is 1.